The topological polar surface area (TPSA) is 99.1 Å². The monoisotopic (exact) mass is 305 g/mol. The van der Waals surface area contributed by atoms with E-state index in [4.69, 9.17) is 5.73 Å². The standard InChI is InChI=1S/C8H8F5N3O2S/c9-7(10)4-2-16-6(8(11,12)13)5(3(4)1-14)19(15,17)18/h2,7H,1,14H2,(H2,15,17,18). The van der Waals surface area contributed by atoms with Crippen LogP contribution in [0.1, 0.15) is 23.2 Å². The molecule has 0 saturated heterocycles. The third kappa shape index (κ3) is 3.16. The molecule has 1 aromatic rings. The summed E-state index contributed by atoms with van der Waals surface area (Å²) >= 11 is 0. The summed E-state index contributed by atoms with van der Waals surface area (Å²) in [4.78, 5) is 1.21. The van der Waals surface area contributed by atoms with Crippen LogP contribution in [0.15, 0.2) is 11.1 Å². The van der Waals surface area contributed by atoms with Crippen molar-refractivity contribution in [3.63, 3.8) is 0 Å². The maximum atomic E-state index is 12.6. The fraction of sp³-hybridized carbons (Fsp3) is 0.375. The van der Waals surface area contributed by atoms with Crippen molar-refractivity contribution in [1.29, 1.82) is 0 Å². The van der Waals surface area contributed by atoms with Crippen molar-refractivity contribution in [2.45, 2.75) is 24.0 Å². The first-order valence-electron chi connectivity index (χ1n) is 4.60. The van der Waals surface area contributed by atoms with Gasteiger partial charge in [0, 0.05) is 18.3 Å². The third-order valence-corrected chi connectivity index (χ3v) is 3.17. The molecule has 0 aromatic carbocycles. The van der Waals surface area contributed by atoms with Crippen molar-refractivity contribution in [3.8, 4) is 0 Å². The molecule has 5 nitrogen and oxygen atoms in total. The summed E-state index contributed by atoms with van der Waals surface area (Å²) in [5.74, 6) is 0. The molecule has 0 fully saturated rings. The zero-order chi connectivity index (χ0) is 15.0. The minimum absolute atomic E-state index is 0.240. The number of aromatic nitrogens is 1. The molecule has 1 heterocycles. The van der Waals surface area contributed by atoms with Gasteiger partial charge in [0.1, 0.15) is 4.90 Å². The normalized spacial score (nSPS) is 13.1. The average Bonchev–Trinajstić information content (AvgIpc) is 2.24. The van der Waals surface area contributed by atoms with E-state index in [1.54, 1.807) is 0 Å². The molecule has 0 radical (unpaired) electrons. The molecule has 0 aliphatic rings. The van der Waals surface area contributed by atoms with E-state index in [1.807, 2.05) is 0 Å². The van der Waals surface area contributed by atoms with Crippen LogP contribution < -0.4 is 10.9 Å². The van der Waals surface area contributed by atoms with Crippen molar-refractivity contribution in [2.75, 3.05) is 0 Å². The van der Waals surface area contributed by atoms with Crippen molar-refractivity contribution in [3.05, 3.63) is 23.0 Å². The first-order valence-corrected chi connectivity index (χ1v) is 6.14. The van der Waals surface area contributed by atoms with Gasteiger partial charge in [-0.15, -0.1) is 0 Å². The number of primary sulfonamides is 1. The Morgan fingerprint density at radius 2 is 1.84 bits per heavy atom. The number of alkyl halides is 5. The van der Waals surface area contributed by atoms with Crippen molar-refractivity contribution in [1.82, 2.24) is 4.98 Å². The molecule has 19 heavy (non-hydrogen) atoms. The number of rotatable bonds is 3. The maximum Gasteiger partial charge on any atom is 0.434 e. The fourth-order valence-corrected chi connectivity index (χ4v) is 2.43. The van der Waals surface area contributed by atoms with Gasteiger partial charge in [0.2, 0.25) is 10.0 Å². The lowest BCUT2D eigenvalue weighted by Crippen LogP contribution is -2.24. The van der Waals surface area contributed by atoms with Crippen LogP contribution in [-0.4, -0.2) is 13.4 Å². The van der Waals surface area contributed by atoms with Crippen molar-refractivity contribution >= 4 is 10.0 Å². The smallest absolute Gasteiger partial charge is 0.326 e. The predicted molar refractivity (Wildman–Crippen MR) is 53.5 cm³/mol. The molecule has 1 aromatic heterocycles. The lowest BCUT2D eigenvalue weighted by atomic mass is 10.1. The van der Waals surface area contributed by atoms with Crippen LogP contribution in [0.2, 0.25) is 0 Å². The highest BCUT2D eigenvalue weighted by Crippen LogP contribution is 2.36. The third-order valence-electron chi connectivity index (χ3n) is 2.16. The molecule has 0 spiro atoms. The highest BCUT2D eigenvalue weighted by molar-refractivity contribution is 7.89. The van der Waals surface area contributed by atoms with E-state index in [-0.39, 0.29) is 6.20 Å². The molecule has 4 N–H and O–H groups in total. The first kappa shape index (κ1) is 15.7. The molecule has 108 valence electrons. The summed E-state index contributed by atoms with van der Waals surface area (Å²) in [6.45, 7) is -0.850. The second-order valence-corrected chi connectivity index (χ2v) is 4.92. The molecule has 11 heteroatoms. The molecule has 0 bridgehead atoms. The van der Waals surface area contributed by atoms with Crippen LogP contribution in [0.5, 0.6) is 0 Å². The van der Waals surface area contributed by atoms with Gasteiger partial charge >= 0.3 is 6.18 Å². The van der Waals surface area contributed by atoms with E-state index in [0.717, 1.165) is 0 Å². The van der Waals surface area contributed by atoms with E-state index in [2.05, 4.69) is 10.1 Å². The Bertz CT molecular complexity index is 585. The minimum atomic E-state index is -5.16. The summed E-state index contributed by atoms with van der Waals surface area (Å²) in [5.41, 5.74) is 1.30. The number of pyridine rings is 1. The quantitative estimate of drug-likeness (QED) is 0.818. The Hall–Kier alpha value is -1.33. The number of nitrogens with zero attached hydrogens (tertiary/aromatic N) is 1. The number of halogens is 5. The van der Waals surface area contributed by atoms with Gasteiger partial charge in [0.25, 0.3) is 6.43 Å². The fourth-order valence-electron chi connectivity index (χ4n) is 1.45. The first-order chi connectivity index (χ1) is 8.50. The van der Waals surface area contributed by atoms with Crippen molar-refractivity contribution < 1.29 is 30.4 Å². The summed E-state index contributed by atoms with van der Waals surface area (Å²) in [7, 11) is -4.91. The van der Waals surface area contributed by atoms with Crippen molar-refractivity contribution in [2.24, 2.45) is 10.9 Å². The Kier molecular flexibility index (Phi) is 4.12. The molecule has 0 atom stereocenters. The molecule has 0 aliphatic carbocycles. The Balaban J connectivity index is 3.82. The SMILES string of the molecule is NCc1c(C(F)F)cnc(C(F)(F)F)c1S(N)(=O)=O. The molecular formula is C8H8F5N3O2S. The van der Waals surface area contributed by atoms with Gasteiger partial charge in [0.05, 0.1) is 0 Å². The Morgan fingerprint density at radius 3 is 2.16 bits per heavy atom. The van der Waals surface area contributed by atoms with E-state index >= 15 is 0 Å². The van der Waals surface area contributed by atoms with Crippen LogP contribution >= 0.6 is 0 Å². The largest absolute Gasteiger partial charge is 0.434 e. The van der Waals surface area contributed by atoms with Gasteiger partial charge in [0.15, 0.2) is 5.69 Å². The molecule has 0 amide bonds. The van der Waals surface area contributed by atoms with E-state index in [9.17, 15) is 30.4 Å². The van der Waals surface area contributed by atoms with Gasteiger partial charge in [-0.05, 0) is 5.56 Å². The molecule has 0 unspecified atom stereocenters. The van der Waals surface area contributed by atoms with Gasteiger partial charge < -0.3 is 5.73 Å². The summed E-state index contributed by atoms with van der Waals surface area (Å²) < 4.78 is 85.4. The molecule has 0 saturated carbocycles. The lowest BCUT2D eigenvalue weighted by molar-refractivity contribution is -0.143. The van der Waals surface area contributed by atoms with Gasteiger partial charge in [-0.25, -0.2) is 27.3 Å². The second-order valence-electron chi connectivity index (χ2n) is 3.42. The van der Waals surface area contributed by atoms with Gasteiger partial charge in [-0.1, -0.05) is 0 Å². The second kappa shape index (κ2) is 4.98. The molecular weight excluding hydrogens is 297 g/mol. The minimum Gasteiger partial charge on any atom is -0.326 e. The average molecular weight is 305 g/mol. The van der Waals surface area contributed by atoms with Crippen LogP contribution in [0, 0.1) is 0 Å². The molecule has 0 aliphatic heterocycles. The predicted octanol–water partition coefficient (Wildman–Crippen LogP) is 1.14. The number of nitrogens with two attached hydrogens (primary N) is 2. The van der Waals surface area contributed by atoms with E-state index in [1.165, 1.54) is 0 Å². The maximum absolute atomic E-state index is 12.6. The zero-order valence-electron chi connectivity index (χ0n) is 9.08. The molecule has 1 rings (SSSR count). The number of hydrogen-bond acceptors (Lipinski definition) is 4. The van der Waals surface area contributed by atoms with Crippen LogP contribution in [0.25, 0.3) is 0 Å². The van der Waals surface area contributed by atoms with E-state index < -0.39 is 50.9 Å². The van der Waals surface area contributed by atoms with Crippen LogP contribution in [0.4, 0.5) is 22.0 Å². The van der Waals surface area contributed by atoms with Gasteiger partial charge in [-0.2, -0.15) is 13.2 Å². The highest BCUT2D eigenvalue weighted by Gasteiger charge is 2.41. The lowest BCUT2D eigenvalue weighted by Gasteiger charge is -2.16. The Morgan fingerprint density at radius 1 is 1.32 bits per heavy atom. The van der Waals surface area contributed by atoms with E-state index in [0.29, 0.717) is 0 Å². The van der Waals surface area contributed by atoms with Crippen LogP contribution in [-0.2, 0) is 22.7 Å². The van der Waals surface area contributed by atoms with Crippen LogP contribution in [0.3, 0.4) is 0 Å². The summed E-state index contributed by atoms with van der Waals surface area (Å²) in [6.07, 6.45) is -8.15. The zero-order valence-corrected chi connectivity index (χ0v) is 9.89. The highest BCUT2D eigenvalue weighted by atomic mass is 32.2. The summed E-state index contributed by atoms with van der Waals surface area (Å²) in [5, 5.41) is 4.63. The number of hydrogen-bond donors (Lipinski definition) is 2. The number of sulfonamides is 1. The summed E-state index contributed by atoms with van der Waals surface area (Å²) in [6, 6.07) is 0. The van der Waals surface area contributed by atoms with Gasteiger partial charge in [-0.3, -0.25) is 0 Å². The Labute approximate surface area is 104 Å².